The second-order valence-corrected chi connectivity index (χ2v) is 6.61. The van der Waals surface area contributed by atoms with Gasteiger partial charge in [-0.3, -0.25) is 14.5 Å². The van der Waals surface area contributed by atoms with Crippen molar-refractivity contribution in [3.05, 3.63) is 24.3 Å². The van der Waals surface area contributed by atoms with E-state index in [1.54, 1.807) is 6.07 Å². The highest BCUT2D eigenvalue weighted by molar-refractivity contribution is 5.95. The van der Waals surface area contributed by atoms with Gasteiger partial charge in [-0.05, 0) is 58.2 Å². The second-order valence-electron chi connectivity index (χ2n) is 6.61. The Morgan fingerprint density at radius 2 is 1.58 bits per heavy atom. The predicted octanol–water partition coefficient (Wildman–Crippen LogP) is 2.00. The van der Waals surface area contributed by atoms with Crippen LogP contribution in [0.25, 0.3) is 0 Å². The van der Waals surface area contributed by atoms with Gasteiger partial charge in [-0.15, -0.1) is 0 Å². The molecule has 1 heterocycles. The SMILES string of the molecule is CN(C)CC(=O)Nc1cccc(NC(=O)CN2CCCCCC2)c1. The number of hydrogen-bond acceptors (Lipinski definition) is 4. The van der Waals surface area contributed by atoms with Crippen LogP contribution in [-0.4, -0.2) is 61.9 Å². The van der Waals surface area contributed by atoms with Crippen molar-refractivity contribution < 1.29 is 9.59 Å². The zero-order valence-electron chi connectivity index (χ0n) is 14.7. The van der Waals surface area contributed by atoms with E-state index in [0.29, 0.717) is 24.5 Å². The van der Waals surface area contributed by atoms with Crippen molar-refractivity contribution in [3.63, 3.8) is 0 Å². The average molecular weight is 332 g/mol. The highest BCUT2D eigenvalue weighted by Gasteiger charge is 2.13. The fourth-order valence-corrected chi connectivity index (χ4v) is 2.86. The molecule has 0 atom stereocenters. The summed E-state index contributed by atoms with van der Waals surface area (Å²) in [5.41, 5.74) is 1.40. The number of hydrogen-bond donors (Lipinski definition) is 2. The molecular weight excluding hydrogens is 304 g/mol. The normalized spacial score (nSPS) is 15.8. The van der Waals surface area contributed by atoms with E-state index >= 15 is 0 Å². The van der Waals surface area contributed by atoms with Gasteiger partial charge in [0.15, 0.2) is 0 Å². The van der Waals surface area contributed by atoms with Gasteiger partial charge in [0.25, 0.3) is 0 Å². The van der Waals surface area contributed by atoms with Gasteiger partial charge in [-0.25, -0.2) is 0 Å². The second kappa shape index (κ2) is 9.39. The maximum Gasteiger partial charge on any atom is 0.238 e. The van der Waals surface area contributed by atoms with Gasteiger partial charge in [-0.2, -0.15) is 0 Å². The van der Waals surface area contributed by atoms with Crippen LogP contribution in [0.3, 0.4) is 0 Å². The molecule has 2 amide bonds. The molecule has 1 aromatic carbocycles. The maximum absolute atomic E-state index is 12.2. The fraction of sp³-hybridized carbons (Fsp3) is 0.556. The molecule has 6 heteroatoms. The number of nitrogens with one attached hydrogen (secondary N) is 2. The van der Waals surface area contributed by atoms with Gasteiger partial charge < -0.3 is 15.5 Å². The van der Waals surface area contributed by atoms with Gasteiger partial charge in [0.05, 0.1) is 13.1 Å². The Labute approximate surface area is 144 Å². The summed E-state index contributed by atoms with van der Waals surface area (Å²) < 4.78 is 0. The Bertz CT molecular complexity index is 552. The fourth-order valence-electron chi connectivity index (χ4n) is 2.86. The highest BCUT2D eigenvalue weighted by atomic mass is 16.2. The largest absolute Gasteiger partial charge is 0.325 e. The molecule has 1 fully saturated rings. The Morgan fingerprint density at radius 1 is 1.00 bits per heavy atom. The molecule has 1 aromatic rings. The van der Waals surface area contributed by atoms with E-state index in [1.165, 1.54) is 25.7 Å². The lowest BCUT2D eigenvalue weighted by Crippen LogP contribution is -2.33. The monoisotopic (exact) mass is 332 g/mol. The standard InChI is InChI=1S/C18H28N4O2/c1-21(2)13-17(23)19-15-8-7-9-16(12-15)20-18(24)14-22-10-5-3-4-6-11-22/h7-9,12H,3-6,10-11,13-14H2,1-2H3,(H,19,23)(H,20,24). The summed E-state index contributed by atoms with van der Waals surface area (Å²) in [5.74, 6) is -0.0817. The summed E-state index contributed by atoms with van der Waals surface area (Å²) in [6, 6.07) is 7.26. The number of nitrogens with zero attached hydrogens (tertiary/aromatic N) is 2. The van der Waals surface area contributed by atoms with E-state index < -0.39 is 0 Å². The van der Waals surface area contributed by atoms with Crippen LogP contribution in [0.15, 0.2) is 24.3 Å². The van der Waals surface area contributed by atoms with Crippen molar-refractivity contribution >= 4 is 23.2 Å². The first-order chi connectivity index (χ1) is 11.5. The molecule has 1 aliphatic heterocycles. The van der Waals surface area contributed by atoms with Crippen molar-refractivity contribution in [3.8, 4) is 0 Å². The summed E-state index contributed by atoms with van der Waals surface area (Å²) in [6.45, 7) is 2.74. The lowest BCUT2D eigenvalue weighted by Gasteiger charge is -2.19. The summed E-state index contributed by atoms with van der Waals surface area (Å²) >= 11 is 0. The molecule has 0 saturated carbocycles. The van der Waals surface area contributed by atoms with Crippen molar-refractivity contribution in [1.29, 1.82) is 0 Å². The molecule has 0 unspecified atom stereocenters. The van der Waals surface area contributed by atoms with Gasteiger partial charge >= 0.3 is 0 Å². The van der Waals surface area contributed by atoms with Crippen molar-refractivity contribution in [1.82, 2.24) is 9.80 Å². The quantitative estimate of drug-likeness (QED) is 0.836. The Kier molecular flexibility index (Phi) is 7.21. The number of likely N-dealkylation sites (N-methyl/N-ethyl adjacent to an activating group) is 1. The molecule has 6 nitrogen and oxygen atoms in total. The average Bonchev–Trinajstić information content (AvgIpc) is 2.75. The van der Waals surface area contributed by atoms with Crippen LogP contribution in [0.1, 0.15) is 25.7 Å². The zero-order chi connectivity index (χ0) is 17.4. The molecular formula is C18H28N4O2. The Morgan fingerprint density at radius 3 is 2.17 bits per heavy atom. The summed E-state index contributed by atoms with van der Waals surface area (Å²) in [4.78, 5) is 28.1. The Hall–Kier alpha value is -1.92. The van der Waals surface area contributed by atoms with E-state index in [4.69, 9.17) is 0 Å². The maximum atomic E-state index is 12.2. The predicted molar refractivity (Wildman–Crippen MR) is 97.2 cm³/mol. The third kappa shape index (κ3) is 6.68. The van der Waals surface area contributed by atoms with Crippen LogP contribution in [0.4, 0.5) is 11.4 Å². The first kappa shape index (κ1) is 18.4. The molecule has 1 saturated heterocycles. The Balaban J connectivity index is 1.86. The van der Waals surface area contributed by atoms with Gasteiger partial charge in [-0.1, -0.05) is 18.9 Å². The number of carbonyl (C=O) groups excluding carboxylic acids is 2. The zero-order valence-corrected chi connectivity index (χ0v) is 14.7. The van der Waals surface area contributed by atoms with Crippen LogP contribution < -0.4 is 10.6 Å². The van der Waals surface area contributed by atoms with Crippen LogP contribution >= 0.6 is 0 Å². The number of amides is 2. The molecule has 0 aliphatic carbocycles. The van der Waals surface area contributed by atoms with Crippen LogP contribution in [-0.2, 0) is 9.59 Å². The van der Waals surface area contributed by atoms with Crippen molar-refractivity contribution in [2.75, 3.05) is 50.9 Å². The van der Waals surface area contributed by atoms with E-state index in [9.17, 15) is 9.59 Å². The lowest BCUT2D eigenvalue weighted by molar-refractivity contribution is -0.117. The molecule has 0 radical (unpaired) electrons. The number of rotatable bonds is 6. The number of carbonyl (C=O) groups is 2. The van der Waals surface area contributed by atoms with E-state index in [0.717, 1.165) is 13.1 Å². The third-order valence-electron chi connectivity index (χ3n) is 3.96. The molecule has 0 bridgehead atoms. The summed E-state index contributed by atoms with van der Waals surface area (Å²) in [7, 11) is 3.69. The van der Waals surface area contributed by atoms with E-state index in [1.807, 2.05) is 37.2 Å². The van der Waals surface area contributed by atoms with E-state index in [2.05, 4.69) is 15.5 Å². The minimum atomic E-state index is -0.0759. The topological polar surface area (TPSA) is 64.7 Å². The molecule has 2 N–H and O–H groups in total. The molecule has 24 heavy (non-hydrogen) atoms. The van der Waals surface area contributed by atoms with Crippen molar-refractivity contribution in [2.24, 2.45) is 0 Å². The summed E-state index contributed by atoms with van der Waals surface area (Å²) in [6.07, 6.45) is 4.85. The minimum Gasteiger partial charge on any atom is -0.325 e. The van der Waals surface area contributed by atoms with Crippen molar-refractivity contribution in [2.45, 2.75) is 25.7 Å². The third-order valence-corrected chi connectivity index (χ3v) is 3.96. The molecule has 0 aromatic heterocycles. The molecule has 0 spiro atoms. The van der Waals surface area contributed by atoms with Gasteiger partial charge in [0, 0.05) is 11.4 Å². The van der Waals surface area contributed by atoms with E-state index in [-0.39, 0.29) is 11.8 Å². The first-order valence-electron chi connectivity index (χ1n) is 8.60. The lowest BCUT2D eigenvalue weighted by atomic mass is 10.2. The molecule has 132 valence electrons. The van der Waals surface area contributed by atoms with Gasteiger partial charge in [0.1, 0.15) is 0 Å². The van der Waals surface area contributed by atoms with Crippen LogP contribution in [0, 0.1) is 0 Å². The minimum absolute atomic E-state index is 0.00586. The number of anilines is 2. The van der Waals surface area contributed by atoms with Gasteiger partial charge in [0.2, 0.25) is 11.8 Å². The molecule has 2 rings (SSSR count). The highest BCUT2D eigenvalue weighted by Crippen LogP contribution is 2.15. The molecule has 1 aliphatic rings. The smallest absolute Gasteiger partial charge is 0.238 e. The number of benzene rings is 1. The summed E-state index contributed by atoms with van der Waals surface area (Å²) in [5, 5.41) is 5.76. The first-order valence-corrected chi connectivity index (χ1v) is 8.60. The number of likely N-dealkylation sites (tertiary alicyclic amines) is 1. The van der Waals surface area contributed by atoms with Crippen LogP contribution in [0.5, 0.6) is 0 Å². The van der Waals surface area contributed by atoms with Crippen LogP contribution in [0.2, 0.25) is 0 Å².